The van der Waals surface area contributed by atoms with E-state index in [0.29, 0.717) is 42.5 Å². The van der Waals surface area contributed by atoms with E-state index in [4.69, 9.17) is 14.6 Å². The van der Waals surface area contributed by atoms with Crippen LogP contribution < -0.4 is 15.0 Å². The van der Waals surface area contributed by atoms with Crippen LogP contribution in [0.5, 0.6) is 5.75 Å². The first kappa shape index (κ1) is 24.5. The van der Waals surface area contributed by atoms with Gasteiger partial charge >= 0.3 is 0 Å². The van der Waals surface area contributed by atoms with Crippen molar-refractivity contribution < 1.29 is 19.4 Å². The van der Waals surface area contributed by atoms with Crippen LogP contribution in [-0.2, 0) is 9.53 Å². The Morgan fingerprint density at radius 2 is 1.97 bits per heavy atom. The van der Waals surface area contributed by atoms with Crippen LogP contribution in [0.15, 0.2) is 54.7 Å². The number of nitrogens with zero attached hydrogens (tertiary/aromatic N) is 5. The molecule has 0 aliphatic carbocycles. The Kier molecular flexibility index (Phi) is 7.44. The fourth-order valence-corrected chi connectivity index (χ4v) is 4.50. The number of aromatic nitrogens is 2. The van der Waals surface area contributed by atoms with E-state index in [9.17, 15) is 10.1 Å². The summed E-state index contributed by atoms with van der Waals surface area (Å²) in [6.45, 7) is 3.65. The summed E-state index contributed by atoms with van der Waals surface area (Å²) in [5.74, 6) is 0.598. The van der Waals surface area contributed by atoms with Crippen LogP contribution >= 0.6 is 0 Å². The second-order valence-corrected chi connectivity index (χ2v) is 8.89. The third-order valence-electron chi connectivity index (χ3n) is 6.48. The van der Waals surface area contributed by atoms with Crippen molar-refractivity contribution in [3.05, 3.63) is 60.3 Å². The smallest absolute Gasteiger partial charge is 0.248 e. The van der Waals surface area contributed by atoms with Crippen molar-refractivity contribution in [1.29, 1.82) is 5.26 Å². The third-order valence-corrected chi connectivity index (χ3v) is 6.48. The van der Waals surface area contributed by atoms with Gasteiger partial charge in [-0.2, -0.15) is 5.26 Å². The number of hydrogen-bond donors (Lipinski definition) is 2. The number of nitriles is 1. The monoisotopic (exact) mass is 500 g/mol. The number of aliphatic hydroxyl groups is 1. The molecule has 3 heterocycles. The van der Waals surface area contributed by atoms with Gasteiger partial charge in [-0.05, 0) is 48.5 Å². The molecular weight excluding hydrogens is 472 g/mol. The molecule has 1 amide bonds. The molecule has 190 valence electrons. The number of rotatable bonds is 7. The summed E-state index contributed by atoms with van der Waals surface area (Å²) < 4.78 is 11.4. The van der Waals surface area contributed by atoms with Crippen LogP contribution in [-0.4, -0.2) is 78.0 Å². The highest BCUT2D eigenvalue weighted by atomic mass is 16.5. The molecule has 10 heteroatoms. The van der Waals surface area contributed by atoms with Crippen LogP contribution in [0.1, 0.15) is 12.0 Å². The summed E-state index contributed by atoms with van der Waals surface area (Å²) in [7, 11) is 0. The molecule has 2 aromatic carbocycles. The second-order valence-electron chi connectivity index (χ2n) is 8.89. The first-order valence-corrected chi connectivity index (χ1v) is 12.3. The molecule has 5 rings (SSSR count). The molecular formula is C27H28N6O4. The van der Waals surface area contributed by atoms with E-state index in [-0.39, 0.29) is 12.0 Å². The van der Waals surface area contributed by atoms with Crippen molar-refractivity contribution >= 4 is 23.2 Å². The van der Waals surface area contributed by atoms with Gasteiger partial charge in [0.15, 0.2) is 0 Å². The lowest BCUT2D eigenvalue weighted by molar-refractivity contribution is -0.133. The van der Waals surface area contributed by atoms with Crippen molar-refractivity contribution in [2.75, 3.05) is 56.2 Å². The average Bonchev–Trinajstić information content (AvgIpc) is 3.42. The van der Waals surface area contributed by atoms with Crippen LogP contribution in [0.2, 0.25) is 0 Å². The van der Waals surface area contributed by atoms with Gasteiger partial charge in [0.05, 0.1) is 31.0 Å². The second kappa shape index (κ2) is 11.2. The number of amides is 1. The minimum Gasteiger partial charge on any atom is -0.487 e. The van der Waals surface area contributed by atoms with Crippen LogP contribution in [0.4, 0.5) is 17.3 Å². The number of benzene rings is 2. The SMILES string of the molecule is N#Cc1cc(-c2ccnc(Nc3ccc(N4CCOCC4)cc3)n2)ccc1O[C@H]1CCN(C(=O)CO)C1. The van der Waals surface area contributed by atoms with Crippen molar-refractivity contribution in [3.63, 3.8) is 0 Å². The molecule has 2 saturated heterocycles. The van der Waals surface area contributed by atoms with Crippen LogP contribution in [0.25, 0.3) is 11.3 Å². The molecule has 10 nitrogen and oxygen atoms in total. The fraction of sp³-hybridized carbons (Fsp3) is 0.333. The Hall–Kier alpha value is -4.20. The van der Waals surface area contributed by atoms with Crippen molar-refractivity contribution in [3.8, 4) is 23.1 Å². The highest BCUT2D eigenvalue weighted by Crippen LogP contribution is 2.28. The van der Waals surface area contributed by atoms with E-state index in [2.05, 4.69) is 38.4 Å². The zero-order valence-electron chi connectivity index (χ0n) is 20.3. The van der Waals surface area contributed by atoms with Crippen molar-refractivity contribution in [2.24, 2.45) is 0 Å². The molecule has 0 saturated carbocycles. The van der Waals surface area contributed by atoms with E-state index in [0.717, 1.165) is 43.2 Å². The number of ether oxygens (including phenoxy) is 2. The Bertz CT molecular complexity index is 1290. The van der Waals surface area contributed by atoms with E-state index in [1.165, 1.54) is 0 Å². The zero-order valence-corrected chi connectivity index (χ0v) is 20.3. The number of morpholine rings is 1. The number of hydrogen-bond acceptors (Lipinski definition) is 9. The highest BCUT2D eigenvalue weighted by Gasteiger charge is 2.27. The molecule has 37 heavy (non-hydrogen) atoms. The zero-order chi connectivity index (χ0) is 25.6. The molecule has 0 unspecified atom stereocenters. The summed E-state index contributed by atoms with van der Waals surface area (Å²) >= 11 is 0. The maximum Gasteiger partial charge on any atom is 0.248 e. The molecule has 2 aliphatic heterocycles. The van der Waals surface area contributed by atoms with E-state index in [1.54, 1.807) is 29.3 Å². The summed E-state index contributed by atoms with van der Waals surface area (Å²) in [6.07, 6.45) is 2.10. The first-order chi connectivity index (χ1) is 18.1. The largest absolute Gasteiger partial charge is 0.487 e. The summed E-state index contributed by atoms with van der Waals surface area (Å²) in [6, 6.07) is 17.5. The third kappa shape index (κ3) is 5.80. The Labute approximate surface area is 215 Å². The van der Waals surface area contributed by atoms with Gasteiger partial charge in [-0.3, -0.25) is 4.79 Å². The lowest BCUT2D eigenvalue weighted by Crippen LogP contribution is -2.36. The normalized spacial score (nSPS) is 17.4. The lowest BCUT2D eigenvalue weighted by atomic mass is 10.1. The molecule has 1 atom stereocenters. The van der Waals surface area contributed by atoms with Gasteiger partial charge in [0.1, 0.15) is 24.5 Å². The predicted octanol–water partition coefficient (Wildman–Crippen LogP) is 2.57. The summed E-state index contributed by atoms with van der Waals surface area (Å²) in [5.41, 5.74) is 3.85. The van der Waals surface area contributed by atoms with Gasteiger partial charge in [0.25, 0.3) is 0 Å². The van der Waals surface area contributed by atoms with Crippen LogP contribution in [0, 0.1) is 11.3 Å². The first-order valence-electron chi connectivity index (χ1n) is 12.3. The molecule has 1 aromatic heterocycles. The molecule has 0 bridgehead atoms. The highest BCUT2D eigenvalue weighted by molar-refractivity contribution is 5.77. The van der Waals surface area contributed by atoms with Gasteiger partial charge in [0, 0.05) is 49.2 Å². The number of carbonyl (C=O) groups is 1. The van der Waals surface area contributed by atoms with Gasteiger partial charge in [-0.15, -0.1) is 0 Å². The Balaban J connectivity index is 1.26. The fourth-order valence-electron chi connectivity index (χ4n) is 4.50. The average molecular weight is 501 g/mol. The van der Waals surface area contributed by atoms with Gasteiger partial charge in [-0.25, -0.2) is 9.97 Å². The number of nitrogens with one attached hydrogen (secondary N) is 1. The van der Waals surface area contributed by atoms with E-state index >= 15 is 0 Å². The molecule has 2 aliphatic rings. The molecule has 3 aromatic rings. The summed E-state index contributed by atoms with van der Waals surface area (Å²) in [5, 5.41) is 22.0. The minimum absolute atomic E-state index is 0.224. The number of carbonyl (C=O) groups excluding carboxylic acids is 1. The maximum atomic E-state index is 11.7. The topological polar surface area (TPSA) is 124 Å². The van der Waals surface area contributed by atoms with Gasteiger partial charge in [0.2, 0.25) is 11.9 Å². The number of aliphatic hydroxyl groups excluding tert-OH is 1. The lowest BCUT2D eigenvalue weighted by Gasteiger charge is -2.28. The van der Waals surface area contributed by atoms with Gasteiger partial charge in [-0.1, -0.05) is 0 Å². The Morgan fingerprint density at radius 3 is 2.73 bits per heavy atom. The number of likely N-dealkylation sites (tertiary alicyclic amines) is 1. The van der Waals surface area contributed by atoms with Gasteiger partial charge < -0.3 is 29.7 Å². The minimum atomic E-state index is -0.514. The Morgan fingerprint density at radius 1 is 1.16 bits per heavy atom. The maximum absolute atomic E-state index is 11.7. The van der Waals surface area contributed by atoms with E-state index < -0.39 is 6.61 Å². The van der Waals surface area contributed by atoms with E-state index in [1.807, 2.05) is 18.2 Å². The quantitative estimate of drug-likeness (QED) is 0.504. The molecule has 0 radical (unpaired) electrons. The summed E-state index contributed by atoms with van der Waals surface area (Å²) in [4.78, 5) is 24.5. The van der Waals surface area contributed by atoms with Crippen molar-refractivity contribution in [2.45, 2.75) is 12.5 Å². The van der Waals surface area contributed by atoms with Crippen molar-refractivity contribution in [1.82, 2.24) is 14.9 Å². The predicted molar refractivity (Wildman–Crippen MR) is 138 cm³/mol. The van der Waals surface area contributed by atoms with Crippen LogP contribution in [0.3, 0.4) is 0 Å². The molecule has 2 N–H and O–H groups in total. The number of anilines is 3. The molecule has 2 fully saturated rings. The molecule has 0 spiro atoms. The standard InChI is InChI=1S/C27H28N6O4/c28-16-20-15-19(1-6-25(20)37-23-8-10-33(17-23)26(35)18-34)24-7-9-29-27(31-24)30-21-2-4-22(5-3-21)32-11-13-36-14-12-32/h1-7,9,15,23,34H,8,10-14,17-18H2,(H,29,30,31)/t23-/m0/s1.